The first kappa shape index (κ1) is 16.5. The fourth-order valence-electron chi connectivity index (χ4n) is 2.46. The van der Waals surface area contributed by atoms with Crippen molar-refractivity contribution in [2.24, 2.45) is 11.7 Å². The van der Waals surface area contributed by atoms with Gasteiger partial charge in [-0.15, -0.1) is 11.3 Å². The van der Waals surface area contributed by atoms with Gasteiger partial charge in [-0.25, -0.2) is 0 Å². The number of nitrogens with two attached hydrogens (primary N) is 1. The number of primary amides is 1. The third kappa shape index (κ3) is 4.31. The highest BCUT2D eigenvalue weighted by Crippen LogP contribution is 2.26. The monoisotopic (exact) mass is 318 g/mol. The summed E-state index contributed by atoms with van der Waals surface area (Å²) in [5.74, 6) is -0.290. The average molecular weight is 318 g/mol. The van der Waals surface area contributed by atoms with Gasteiger partial charge in [-0.2, -0.15) is 0 Å². The molecule has 1 heterocycles. The maximum absolute atomic E-state index is 12.1. The molecule has 4 nitrogen and oxygen atoms in total. The number of benzene rings is 1. The molecule has 1 aromatic carbocycles. The minimum absolute atomic E-state index is 0.125. The molecule has 2 aromatic rings. The number of carbonyl (C=O) groups is 2. The normalized spacial score (nSPS) is 12.5. The van der Waals surface area contributed by atoms with E-state index >= 15 is 0 Å². The van der Waals surface area contributed by atoms with E-state index in [4.69, 9.17) is 5.73 Å². The number of amides is 2. The lowest BCUT2D eigenvalue weighted by atomic mass is 10.0. The van der Waals surface area contributed by atoms with E-state index in [1.807, 2.05) is 26.0 Å². The van der Waals surface area contributed by atoms with Crippen molar-refractivity contribution in [3.63, 3.8) is 0 Å². The minimum Gasteiger partial charge on any atom is -0.368 e. The van der Waals surface area contributed by atoms with Gasteiger partial charge < -0.3 is 11.1 Å². The van der Waals surface area contributed by atoms with Gasteiger partial charge in [0.25, 0.3) is 0 Å². The zero-order valence-electron chi connectivity index (χ0n) is 13.0. The molecule has 0 saturated heterocycles. The molecule has 22 heavy (non-hydrogen) atoms. The van der Waals surface area contributed by atoms with Gasteiger partial charge in [0.15, 0.2) is 0 Å². The van der Waals surface area contributed by atoms with Gasteiger partial charge in [0.1, 0.15) is 6.04 Å². The highest BCUT2D eigenvalue weighted by molar-refractivity contribution is 7.17. The van der Waals surface area contributed by atoms with Crippen molar-refractivity contribution in [3.8, 4) is 0 Å². The number of fused-ring (bicyclic) bond motifs is 1. The predicted molar refractivity (Wildman–Crippen MR) is 90.7 cm³/mol. The van der Waals surface area contributed by atoms with Crippen molar-refractivity contribution in [3.05, 3.63) is 35.2 Å². The molecule has 2 rings (SSSR count). The second-order valence-corrected chi connectivity index (χ2v) is 6.82. The second kappa shape index (κ2) is 7.40. The lowest BCUT2D eigenvalue weighted by Gasteiger charge is -2.17. The summed E-state index contributed by atoms with van der Waals surface area (Å²) in [6.07, 6.45) is 1.61. The van der Waals surface area contributed by atoms with Crippen LogP contribution in [0.2, 0.25) is 0 Å². The Kier molecular flexibility index (Phi) is 5.55. The molecule has 118 valence electrons. The SMILES string of the molecule is CC(C)C[C@H](NC(=O)CCc1csc2ccccc12)C(N)=O. The topological polar surface area (TPSA) is 72.2 Å². The Hall–Kier alpha value is -1.88. The molecule has 0 aliphatic heterocycles. The van der Waals surface area contributed by atoms with Crippen LogP contribution in [0.25, 0.3) is 10.1 Å². The van der Waals surface area contributed by atoms with Gasteiger partial charge in [0.2, 0.25) is 11.8 Å². The summed E-state index contributed by atoms with van der Waals surface area (Å²) in [6.45, 7) is 4.00. The van der Waals surface area contributed by atoms with E-state index in [0.29, 0.717) is 25.2 Å². The first-order valence-corrected chi connectivity index (χ1v) is 8.39. The van der Waals surface area contributed by atoms with Gasteiger partial charge in [-0.3, -0.25) is 9.59 Å². The molecule has 1 atom stereocenters. The fourth-order valence-corrected chi connectivity index (χ4v) is 3.46. The molecule has 0 bridgehead atoms. The first-order chi connectivity index (χ1) is 10.5. The summed E-state index contributed by atoms with van der Waals surface area (Å²) < 4.78 is 1.23. The molecule has 0 saturated carbocycles. The Morgan fingerprint density at radius 3 is 2.68 bits per heavy atom. The highest BCUT2D eigenvalue weighted by Gasteiger charge is 2.19. The van der Waals surface area contributed by atoms with Crippen LogP contribution in [-0.4, -0.2) is 17.9 Å². The molecule has 0 aliphatic carbocycles. The Bertz CT molecular complexity index is 663. The predicted octanol–water partition coefficient (Wildman–Crippen LogP) is 2.85. The van der Waals surface area contributed by atoms with Crippen LogP contribution in [-0.2, 0) is 16.0 Å². The van der Waals surface area contributed by atoms with E-state index in [1.165, 1.54) is 15.6 Å². The standard InChI is InChI=1S/C17H22N2O2S/c1-11(2)9-14(17(18)21)19-16(20)8-7-12-10-22-15-6-4-3-5-13(12)15/h3-6,10-11,14H,7-9H2,1-2H3,(H2,18,21)(H,19,20)/t14-/m0/s1. The number of aryl methyl sites for hydroxylation is 1. The molecule has 0 aliphatic rings. The van der Waals surface area contributed by atoms with E-state index < -0.39 is 11.9 Å². The number of rotatable bonds is 7. The second-order valence-electron chi connectivity index (χ2n) is 5.91. The first-order valence-electron chi connectivity index (χ1n) is 7.51. The van der Waals surface area contributed by atoms with Crippen molar-refractivity contribution in [2.45, 2.75) is 39.2 Å². The summed E-state index contributed by atoms with van der Waals surface area (Å²) >= 11 is 1.69. The molecule has 5 heteroatoms. The summed E-state index contributed by atoms with van der Waals surface area (Å²) in [5, 5.41) is 6.05. The van der Waals surface area contributed by atoms with Crippen LogP contribution in [0.3, 0.4) is 0 Å². The van der Waals surface area contributed by atoms with Crippen molar-refractivity contribution >= 4 is 33.2 Å². The largest absolute Gasteiger partial charge is 0.368 e. The molecule has 0 spiro atoms. The molecule has 0 unspecified atom stereocenters. The van der Waals surface area contributed by atoms with E-state index in [9.17, 15) is 9.59 Å². The maximum atomic E-state index is 12.1. The van der Waals surface area contributed by atoms with E-state index in [1.54, 1.807) is 11.3 Å². The van der Waals surface area contributed by atoms with Crippen LogP contribution in [0.5, 0.6) is 0 Å². The lowest BCUT2D eigenvalue weighted by molar-refractivity contribution is -0.127. The molecule has 1 aromatic heterocycles. The van der Waals surface area contributed by atoms with Crippen molar-refractivity contribution in [1.29, 1.82) is 0 Å². The number of thiophene rings is 1. The van der Waals surface area contributed by atoms with E-state index in [-0.39, 0.29) is 5.91 Å². The van der Waals surface area contributed by atoms with Gasteiger partial charge >= 0.3 is 0 Å². The number of nitrogens with one attached hydrogen (secondary N) is 1. The third-order valence-corrected chi connectivity index (χ3v) is 4.58. The minimum atomic E-state index is -0.577. The number of carbonyl (C=O) groups excluding carboxylic acids is 2. The third-order valence-electron chi connectivity index (χ3n) is 3.57. The summed E-state index contributed by atoms with van der Waals surface area (Å²) in [6, 6.07) is 7.59. The van der Waals surface area contributed by atoms with Crippen molar-refractivity contribution < 1.29 is 9.59 Å². The average Bonchev–Trinajstić information content (AvgIpc) is 2.87. The van der Waals surface area contributed by atoms with Crippen molar-refractivity contribution in [1.82, 2.24) is 5.32 Å². The van der Waals surface area contributed by atoms with Crippen LogP contribution in [0.15, 0.2) is 29.6 Å². The molecule has 0 radical (unpaired) electrons. The van der Waals surface area contributed by atoms with E-state index in [0.717, 1.165) is 0 Å². The van der Waals surface area contributed by atoms with Crippen LogP contribution >= 0.6 is 11.3 Å². The number of hydrogen-bond acceptors (Lipinski definition) is 3. The smallest absolute Gasteiger partial charge is 0.240 e. The lowest BCUT2D eigenvalue weighted by Crippen LogP contribution is -2.45. The molecule has 3 N–H and O–H groups in total. The van der Waals surface area contributed by atoms with Gasteiger partial charge in [0.05, 0.1) is 0 Å². The Labute approximate surface area is 134 Å². The van der Waals surface area contributed by atoms with Crippen LogP contribution in [0, 0.1) is 5.92 Å². The van der Waals surface area contributed by atoms with Crippen LogP contribution < -0.4 is 11.1 Å². The van der Waals surface area contributed by atoms with Crippen molar-refractivity contribution in [2.75, 3.05) is 0 Å². The van der Waals surface area contributed by atoms with Crippen LogP contribution in [0.1, 0.15) is 32.3 Å². The number of hydrogen-bond donors (Lipinski definition) is 2. The molecule has 2 amide bonds. The fraction of sp³-hybridized carbons (Fsp3) is 0.412. The van der Waals surface area contributed by atoms with E-state index in [2.05, 4.69) is 22.8 Å². The molecule has 0 fully saturated rings. The van der Waals surface area contributed by atoms with Gasteiger partial charge in [-0.05, 0) is 41.2 Å². The quantitative estimate of drug-likeness (QED) is 0.824. The molecular formula is C17H22N2O2S. The summed E-state index contributed by atoms with van der Waals surface area (Å²) in [5.41, 5.74) is 6.52. The Morgan fingerprint density at radius 2 is 2.00 bits per heavy atom. The van der Waals surface area contributed by atoms with Gasteiger partial charge in [-0.1, -0.05) is 32.0 Å². The Balaban J connectivity index is 1.93. The molecular weight excluding hydrogens is 296 g/mol. The Morgan fingerprint density at radius 1 is 1.27 bits per heavy atom. The maximum Gasteiger partial charge on any atom is 0.240 e. The zero-order valence-corrected chi connectivity index (χ0v) is 13.8. The summed E-state index contributed by atoms with van der Waals surface area (Å²) in [4.78, 5) is 23.4. The summed E-state index contributed by atoms with van der Waals surface area (Å²) in [7, 11) is 0. The van der Waals surface area contributed by atoms with Gasteiger partial charge in [0, 0.05) is 11.1 Å². The zero-order chi connectivity index (χ0) is 16.1. The van der Waals surface area contributed by atoms with Crippen LogP contribution in [0.4, 0.5) is 0 Å². The highest BCUT2D eigenvalue weighted by atomic mass is 32.1.